The van der Waals surface area contributed by atoms with Crippen LogP contribution in [0.25, 0.3) is 0 Å². The van der Waals surface area contributed by atoms with E-state index < -0.39 is 10.3 Å². The summed E-state index contributed by atoms with van der Waals surface area (Å²) in [5.41, 5.74) is 0. The molecule has 0 aliphatic rings. The van der Waals surface area contributed by atoms with Crippen molar-refractivity contribution in [1.29, 1.82) is 0 Å². The minimum atomic E-state index is -2.59. The van der Waals surface area contributed by atoms with Crippen LogP contribution in [-0.4, -0.2) is 28.4 Å². The molecule has 2 heterocycles. The van der Waals surface area contributed by atoms with E-state index in [2.05, 4.69) is 9.97 Å². The molecule has 0 N–H and O–H groups in total. The highest BCUT2D eigenvalue weighted by molar-refractivity contribution is 7.99. The first kappa shape index (κ1) is 8.18. The fourth-order valence-electron chi connectivity index (χ4n) is 1.06. The summed E-state index contributed by atoms with van der Waals surface area (Å²) >= 11 is 0. The molecule has 0 bridgehead atoms. The quantitative estimate of drug-likeness (QED) is 0.688. The standard InChI is InChI=1S/C7H10N4OS/c1-13(12,10-4-2-8-6-10)11-5-3-9-7-11/h2-7,13H,1H3. The molecule has 0 spiro atoms. The Morgan fingerprint density at radius 2 is 1.54 bits per heavy atom. The Labute approximate surface area is 76.7 Å². The summed E-state index contributed by atoms with van der Waals surface area (Å²) in [6, 6.07) is 0. The van der Waals surface area contributed by atoms with Gasteiger partial charge >= 0.3 is 0 Å². The topological polar surface area (TPSA) is 52.7 Å². The average Bonchev–Trinajstić information content (AvgIpc) is 2.78. The van der Waals surface area contributed by atoms with Gasteiger partial charge in [0.2, 0.25) is 0 Å². The summed E-state index contributed by atoms with van der Waals surface area (Å²) in [5, 5.41) is 0. The lowest BCUT2D eigenvalue weighted by Gasteiger charge is -2.21. The van der Waals surface area contributed by atoms with Gasteiger partial charge in [-0.15, -0.1) is 0 Å². The van der Waals surface area contributed by atoms with E-state index in [1.807, 2.05) is 0 Å². The van der Waals surface area contributed by atoms with Crippen molar-refractivity contribution in [3.05, 3.63) is 37.4 Å². The largest absolute Gasteiger partial charge is 0.263 e. The minimum absolute atomic E-state index is 1.54. The molecule has 2 aromatic heterocycles. The maximum absolute atomic E-state index is 12.2. The number of hydrogen-bond acceptors (Lipinski definition) is 3. The van der Waals surface area contributed by atoms with E-state index in [9.17, 15) is 4.21 Å². The van der Waals surface area contributed by atoms with Crippen molar-refractivity contribution in [2.45, 2.75) is 0 Å². The molecule has 13 heavy (non-hydrogen) atoms. The molecule has 0 unspecified atom stereocenters. The predicted molar refractivity (Wildman–Crippen MR) is 50.7 cm³/mol. The molecule has 2 aromatic rings. The van der Waals surface area contributed by atoms with Crippen LogP contribution in [-0.2, 0) is 10.3 Å². The third-order valence-electron chi connectivity index (χ3n) is 1.84. The molecular weight excluding hydrogens is 188 g/mol. The van der Waals surface area contributed by atoms with Crippen LogP contribution in [0.4, 0.5) is 0 Å². The van der Waals surface area contributed by atoms with Gasteiger partial charge in [0.1, 0.15) is 12.7 Å². The van der Waals surface area contributed by atoms with Crippen molar-refractivity contribution >= 4 is 10.3 Å². The van der Waals surface area contributed by atoms with Crippen LogP contribution in [0.3, 0.4) is 0 Å². The number of imidazole rings is 2. The Balaban J connectivity index is 2.49. The second-order valence-corrected chi connectivity index (χ2v) is 5.32. The second kappa shape index (κ2) is 2.81. The van der Waals surface area contributed by atoms with E-state index in [-0.39, 0.29) is 0 Å². The molecule has 70 valence electrons. The SMILES string of the molecule is C[SH](=O)(n1ccnc1)n1ccnc1. The van der Waals surface area contributed by atoms with Gasteiger partial charge < -0.3 is 0 Å². The molecule has 0 aliphatic carbocycles. The summed E-state index contributed by atoms with van der Waals surface area (Å²) in [5.74, 6) is 0. The molecule has 6 heteroatoms. The van der Waals surface area contributed by atoms with Crippen LogP contribution in [0.1, 0.15) is 0 Å². The fourth-order valence-corrected chi connectivity index (χ4v) is 2.42. The van der Waals surface area contributed by atoms with Gasteiger partial charge in [-0.1, -0.05) is 0 Å². The highest BCUT2D eigenvalue weighted by Crippen LogP contribution is 2.06. The molecule has 0 saturated carbocycles. The first-order valence-electron chi connectivity index (χ1n) is 3.76. The molecule has 0 amide bonds. The van der Waals surface area contributed by atoms with Crippen LogP contribution < -0.4 is 0 Å². The summed E-state index contributed by atoms with van der Waals surface area (Å²) in [6.07, 6.45) is 11.3. The maximum atomic E-state index is 12.2. The zero-order chi connectivity index (χ0) is 9.31. The molecule has 5 nitrogen and oxygen atoms in total. The van der Waals surface area contributed by atoms with Gasteiger partial charge in [0.25, 0.3) is 0 Å². The lowest BCUT2D eigenvalue weighted by Crippen LogP contribution is -2.26. The Kier molecular flexibility index (Phi) is 1.77. The van der Waals surface area contributed by atoms with Gasteiger partial charge in [-0.2, -0.15) is 0 Å². The summed E-state index contributed by atoms with van der Waals surface area (Å²) < 4.78 is 15.4. The average molecular weight is 198 g/mol. The molecule has 0 atom stereocenters. The Hall–Kier alpha value is -1.43. The number of nitrogens with zero attached hydrogens (tertiary/aromatic N) is 4. The van der Waals surface area contributed by atoms with Crippen LogP contribution >= 0.6 is 0 Å². The van der Waals surface area contributed by atoms with Crippen molar-refractivity contribution in [3.63, 3.8) is 0 Å². The van der Waals surface area contributed by atoms with E-state index >= 15 is 0 Å². The summed E-state index contributed by atoms with van der Waals surface area (Å²) in [4.78, 5) is 7.71. The van der Waals surface area contributed by atoms with E-state index in [1.54, 1.807) is 51.6 Å². The predicted octanol–water partition coefficient (Wildman–Crippen LogP) is -0.0475. The summed E-state index contributed by atoms with van der Waals surface area (Å²) in [7, 11) is -2.59. The normalized spacial score (nSPS) is 13.0. The van der Waals surface area contributed by atoms with E-state index in [0.717, 1.165) is 0 Å². The van der Waals surface area contributed by atoms with Gasteiger partial charge in [0.05, 0.1) is 0 Å². The maximum Gasteiger partial charge on any atom is 0.106 e. The zero-order valence-corrected chi connectivity index (χ0v) is 8.00. The Bertz CT molecular complexity index is 381. The first-order chi connectivity index (χ1) is 6.21. The second-order valence-electron chi connectivity index (χ2n) is 2.72. The lowest BCUT2D eigenvalue weighted by molar-refractivity contribution is 0.660. The van der Waals surface area contributed by atoms with Gasteiger partial charge in [-0.05, 0) is 0 Å². The lowest BCUT2D eigenvalue weighted by atomic mass is 11.0. The first-order valence-corrected chi connectivity index (χ1v) is 5.82. The van der Waals surface area contributed by atoms with Crippen molar-refractivity contribution in [2.24, 2.45) is 0 Å². The zero-order valence-electron chi connectivity index (χ0n) is 7.11. The van der Waals surface area contributed by atoms with Crippen molar-refractivity contribution in [3.8, 4) is 0 Å². The molecule has 0 fully saturated rings. The number of hydrogen-bond donors (Lipinski definition) is 1. The molecule has 2 rings (SSSR count). The van der Waals surface area contributed by atoms with E-state index in [0.29, 0.717) is 0 Å². The van der Waals surface area contributed by atoms with Gasteiger partial charge in [-0.25, -0.2) is 14.2 Å². The smallest absolute Gasteiger partial charge is 0.106 e. The molecule has 0 aliphatic heterocycles. The van der Waals surface area contributed by atoms with Gasteiger partial charge in [0, 0.05) is 41.3 Å². The van der Waals surface area contributed by atoms with Crippen LogP contribution in [0, 0.1) is 0 Å². The van der Waals surface area contributed by atoms with Crippen LogP contribution in [0.15, 0.2) is 37.4 Å². The third kappa shape index (κ3) is 1.29. The highest BCUT2D eigenvalue weighted by Gasteiger charge is 2.09. The monoisotopic (exact) mass is 198 g/mol. The molecule has 0 saturated heterocycles. The Morgan fingerprint density at radius 3 is 1.85 bits per heavy atom. The molecule has 0 aromatic carbocycles. The molecular formula is C7H10N4OS. The van der Waals surface area contributed by atoms with Gasteiger partial charge in [-0.3, -0.25) is 7.94 Å². The van der Waals surface area contributed by atoms with Crippen LogP contribution in [0.2, 0.25) is 0 Å². The number of aromatic nitrogens is 4. The van der Waals surface area contributed by atoms with Crippen molar-refractivity contribution in [2.75, 3.05) is 6.26 Å². The Morgan fingerprint density at radius 1 is 1.08 bits per heavy atom. The highest BCUT2D eigenvalue weighted by atomic mass is 32.3. The number of thiol groups is 1. The molecule has 0 radical (unpaired) electrons. The van der Waals surface area contributed by atoms with Crippen LogP contribution in [0.5, 0.6) is 0 Å². The van der Waals surface area contributed by atoms with Crippen molar-refractivity contribution < 1.29 is 4.21 Å². The minimum Gasteiger partial charge on any atom is -0.263 e. The van der Waals surface area contributed by atoms with Crippen molar-refractivity contribution in [1.82, 2.24) is 17.9 Å². The van der Waals surface area contributed by atoms with E-state index in [4.69, 9.17) is 0 Å². The fraction of sp³-hybridized carbons (Fsp3) is 0.143. The number of rotatable bonds is 2. The third-order valence-corrected chi connectivity index (χ3v) is 4.03. The van der Waals surface area contributed by atoms with Gasteiger partial charge in [0.15, 0.2) is 0 Å². The van der Waals surface area contributed by atoms with E-state index in [1.165, 1.54) is 0 Å². The summed E-state index contributed by atoms with van der Waals surface area (Å²) in [6.45, 7) is 0.